The topological polar surface area (TPSA) is 41.5 Å². The highest BCUT2D eigenvalue weighted by atomic mass is 79.9. The van der Waals surface area contributed by atoms with Crippen molar-refractivity contribution in [1.29, 1.82) is 0 Å². The summed E-state index contributed by atoms with van der Waals surface area (Å²) in [4.78, 5) is 0. The lowest BCUT2D eigenvalue weighted by atomic mass is 10.2. The fraction of sp³-hybridized carbons (Fsp3) is 0.385. The molecular formula is C13H14BrF2NO2. The average Bonchev–Trinajstić information content (AvgIpc) is 2.37. The molecule has 0 bridgehead atoms. The van der Waals surface area contributed by atoms with E-state index in [0.717, 1.165) is 10.0 Å². The van der Waals surface area contributed by atoms with Gasteiger partial charge in [-0.1, -0.05) is 21.9 Å². The summed E-state index contributed by atoms with van der Waals surface area (Å²) in [5.74, 6) is 2.94. The molecule has 1 aromatic rings. The van der Waals surface area contributed by atoms with Crippen LogP contribution in [-0.4, -0.2) is 30.8 Å². The van der Waals surface area contributed by atoms with Gasteiger partial charge in [-0.2, -0.15) is 0 Å². The van der Waals surface area contributed by atoms with Gasteiger partial charge in [0.1, 0.15) is 18.5 Å². The molecule has 1 aromatic carbocycles. The second-order valence-electron chi connectivity index (χ2n) is 3.78. The summed E-state index contributed by atoms with van der Waals surface area (Å²) in [7, 11) is 0. The number of alkyl halides is 2. The molecule has 0 aliphatic rings. The van der Waals surface area contributed by atoms with Crippen molar-refractivity contribution in [3.8, 4) is 18.1 Å². The number of hydrogen-bond donors (Lipinski definition) is 2. The van der Waals surface area contributed by atoms with Crippen LogP contribution in [0.4, 0.5) is 8.78 Å². The van der Waals surface area contributed by atoms with Crippen molar-refractivity contribution in [1.82, 2.24) is 5.32 Å². The Balaban J connectivity index is 2.60. The summed E-state index contributed by atoms with van der Waals surface area (Å²) < 4.78 is 30.4. The molecule has 0 heterocycles. The Hall–Kier alpha value is -1.16. The zero-order valence-corrected chi connectivity index (χ0v) is 11.7. The first-order valence-corrected chi connectivity index (χ1v) is 6.35. The Morgan fingerprint density at radius 2 is 2.21 bits per heavy atom. The molecule has 2 N–H and O–H groups in total. The van der Waals surface area contributed by atoms with Crippen LogP contribution in [0, 0.1) is 12.3 Å². The van der Waals surface area contributed by atoms with Crippen LogP contribution in [0.3, 0.4) is 0 Å². The molecule has 1 unspecified atom stereocenters. The fourth-order valence-corrected chi connectivity index (χ4v) is 1.80. The SMILES string of the molecule is C#CCOc1ccc(Br)cc1CNCC(O)C(F)F. The molecule has 0 radical (unpaired) electrons. The Bertz CT molecular complexity index is 449. The molecule has 3 nitrogen and oxygen atoms in total. The first-order chi connectivity index (χ1) is 9.04. The highest BCUT2D eigenvalue weighted by Crippen LogP contribution is 2.23. The van der Waals surface area contributed by atoms with Crippen molar-refractivity contribution < 1.29 is 18.6 Å². The van der Waals surface area contributed by atoms with Crippen molar-refractivity contribution in [2.24, 2.45) is 0 Å². The first kappa shape index (κ1) is 15.9. The van der Waals surface area contributed by atoms with E-state index in [0.29, 0.717) is 12.3 Å². The number of aliphatic hydroxyl groups excluding tert-OH is 1. The van der Waals surface area contributed by atoms with Gasteiger partial charge in [0.15, 0.2) is 0 Å². The van der Waals surface area contributed by atoms with Gasteiger partial charge >= 0.3 is 0 Å². The van der Waals surface area contributed by atoms with Crippen LogP contribution in [0.25, 0.3) is 0 Å². The first-order valence-electron chi connectivity index (χ1n) is 5.56. The summed E-state index contributed by atoms with van der Waals surface area (Å²) >= 11 is 3.32. The van der Waals surface area contributed by atoms with E-state index in [1.54, 1.807) is 18.2 Å². The molecule has 0 aliphatic carbocycles. The minimum absolute atomic E-state index is 0.133. The van der Waals surface area contributed by atoms with Crippen LogP contribution in [0.15, 0.2) is 22.7 Å². The molecule has 1 atom stereocenters. The molecule has 6 heteroatoms. The quantitative estimate of drug-likeness (QED) is 0.751. The average molecular weight is 334 g/mol. The van der Waals surface area contributed by atoms with Crippen molar-refractivity contribution in [3.63, 3.8) is 0 Å². The van der Waals surface area contributed by atoms with Gasteiger partial charge in [-0.05, 0) is 18.2 Å². The van der Waals surface area contributed by atoms with Crippen molar-refractivity contribution >= 4 is 15.9 Å². The van der Waals surface area contributed by atoms with Gasteiger partial charge in [-0.15, -0.1) is 6.42 Å². The zero-order chi connectivity index (χ0) is 14.3. The van der Waals surface area contributed by atoms with Crippen molar-refractivity contribution in [2.45, 2.75) is 19.1 Å². The minimum Gasteiger partial charge on any atom is -0.481 e. The molecule has 0 fully saturated rings. The van der Waals surface area contributed by atoms with E-state index in [4.69, 9.17) is 16.3 Å². The van der Waals surface area contributed by atoms with Gasteiger partial charge in [0.05, 0.1) is 0 Å². The maximum absolute atomic E-state index is 12.1. The number of rotatable bonds is 7. The molecule has 0 spiro atoms. The lowest BCUT2D eigenvalue weighted by Crippen LogP contribution is -2.31. The highest BCUT2D eigenvalue weighted by Gasteiger charge is 2.16. The number of hydrogen-bond acceptors (Lipinski definition) is 3. The van der Waals surface area contributed by atoms with Gasteiger partial charge in [0.25, 0.3) is 6.43 Å². The van der Waals surface area contributed by atoms with E-state index in [-0.39, 0.29) is 13.2 Å². The summed E-state index contributed by atoms with van der Waals surface area (Å²) in [6.45, 7) is 0.232. The molecule has 0 saturated heterocycles. The third kappa shape index (κ3) is 5.55. The Morgan fingerprint density at radius 3 is 2.84 bits per heavy atom. The molecule has 0 aromatic heterocycles. The number of nitrogens with one attached hydrogen (secondary N) is 1. The minimum atomic E-state index is -2.76. The fourth-order valence-electron chi connectivity index (χ4n) is 1.39. The summed E-state index contributed by atoms with van der Waals surface area (Å²) in [6, 6.07) is 5.33. The Morgan fingerprint density at radius 1 is 1.47 bits per heavy atom. The molecule has 0 aliphatic heterocycles. The predicted octanol–water partition coefficient (Wildman–Crippen LogP) is 2.18. The van der Waals surface area contributed by atoms with E-state index in [1.807, 2.05) is 0 Å². The largest absolute Gasteiger partial charge is 0.481 e. The van der Waals surface area contributed by atoms with E-state index >= 15 is 0 Å². The summed E-state index contributed by atoms with van der Waals surface area (Å²) in [5.41, 5.74) is 0.770. The lowest BCUT2D eigenvalue weighted by molar-refractivity contribution is -0.00342. The number of benzene rings is 1. The van der Waals surface area contributed by atoms with E-state index in [1.165, 1.54) is 0 Å². The van der Waals surface area contributed by atoms with Crippen LogP contribution in [0.1, 0.15) is 5.56 Å². The van der Waals surface area contributed by atoms with Crippen LogP contribution in [-0.2, 0) is 6.54 Å². The smallest absolute Gasteiger partial charge is 0.265 e. The highest BCUT2D eigenvalue weighted by molar-refractivity contribution is 9.10. The Labute approximate surface area is 119 Å². The van der Waals surface area contributed by atoms with Crippen LogP contribution in [0.2, 0.25) is 0 Å². The van der Waals surface area contributed by atoms with Gasteiger partial charge in [-0.3, -0.25) is 0 Å². The van der Waals surface area contributed by atoms with E-state index < -0.39 is 12.5 Å². The lowest BCUT2D eigenvalue weighted by Gasteiger charge is -2.13. The number of terminal acetylenes is 1. The predicted molar refractivity (Wildman–Crippen MR) is 72.2 cm³/mol. The maximum Gasteiger partial charge on any atom is 0.265 e. The normalized spacial score (nSPS) is 12.2. The van der Waals surface area contributed by atoms with E-state index in [9.17, 15) is 8.78 Å². The Kier molecular flexibility index (Phi) is 6.78. The van der Waals surface area contributed by atoms with Crippen LogP contribution >= 0.6 is 15.9 Å². The molecule has 19 heavy (non-hydrogen) atoms. The summed E-state index contributed by atoms with van der Waals surface area (Å²) in [5, 5.41) is 11.7. The van der Waals surface area contributed by atoms with Crippen LogP contribution in [0.5, 0.6) is 5.75 Å². The number of halogens is 3. The van der Waals surface area contributed by atoms with E-state index in [2.05, 4.69) is 27.2 Å². The molecule has 0 amide bonds. The molecule has 1 rings (SSSR count). The monoisotopic (exact) mass is 333 g/mol. The standard InChI is InChI=1S/C13H14BrF2NO2/c1-2-5-19-12-4-3-10(14)6-9(12)7-17-8-11(18)13(15)16/h1,3-4,6,11,13,17-18H,5,7-8H2. The van der Waals surface area contributed by atoms with Crippen molar-refractivity contribution in [2.75, 3.05) is 13.2 Å². The van der Waals surface area contributed by atoms with Crippen molar-refractivity contribution in [3.05, 3.63) is 28.2 Å². The third-order valence-electron chi connectivity index (χ3n) is 2.29. The maximum atomic E-state index is 12.1. The van der Waals surface area contributed by atoms with Gasteiger partial charge < -0.3 is 15.2 Å². The zero-order valence-electron chi connectivity index (χ0n) is 10.1. The summed E-state index contributed by atoms with van der Waals surface area (Å²) in [6.07, 6.45) is 0.677. The second-order valence-corrected chi connectivity index (χ2v) is 4.69. The molecule has 104 valence electrons. The molecule has 0 saturated carbocycles. The third-order valence-corrected chi connectivity index (χ3v) is 2.79. The second kappa shape index (κ2) is 8.10. The van der Waals surface area contributed by atoms with Crippen LogP contribution < -0.4 is 10.1 Å². The number of aliphatic hydroxyl groups is 1. The van der Waals surface area contributed by atoms with Gasteiger partial charge in [0, 0.05) is 23.1 Å². The number of ether oxygens (including phenoxy) is 1. The van der Waals surface area contributed by atoms with Gasteiger partial charge in [-0.25, -0.2) is 8.78 Å². The van der Waals surface area contributed by atoms with Gasteiger partial charge in [0.2, 0.25) is 0 Å². The molecular weight excluding hydrogens is 320 g/mol.